The van der Waals surface area contributed by atoms with Crippen LogP contribution in [0.5, 0.6) is 11.5 Å². The van der Waals surface area contributed by atoms with Crippen LogP contribution in [0.2, 0.25) is 0 Å². The summed E-state index contributed by atoms with van der Waals surface area (Å²) in [5.41, 5.74) is 4.49. The van der Waals surface area contributed by atoms with E-state index in [0.29, 0.717) is 5.75 Å². The second-order valence-electron chi connectivity index (χ2n) is 4.64. The number of hydrogen-bond donors (Lipinski definition) is 2. The zero-order chi connectivity index (χ0) is 14.4. The van der Waals surface area contributed by atoms with Gasteiger partial charge in [-0.15, -0.1) is 11.3 Å². The molecular weight excluding hydrogens is 286 g/mol. The van der Waals surface area contributed by atoms with Gasteiger partial charge in [0.1, 0.15) is 0 Å². The lowest BCUT2D eigenvalue weighted by Gasteiger charge is -2.04. The van der Waals surface area contributed by atoms with E-state index in [1.54, 1.807) is 29.1 Å². The zero-order valence-corrected chi connectivity index (χ0v) is 11.9. The first-order valence-electron chi connectivity index (χ1n) is 6.34. The van der Waals surface area contributed by atoms with Gasteiger partial charge in [0.05, 0.1) is 34.2 Å². The van der Waals surface area contributed by atoms with Crippen molar-refractivity contribution < 1.29 is 9.84 Å². The van der Waals surface area contributed by atoms with Gasteiger partial charge in [0.2, 0.25) is 0 Å². The van der Waals surface area contributed by atoms with Crippen LogP contribution in [0.3, 0.4) is 0 Å². The SMILES string of the molecule is COc1cc2c(cc1O)[nH]c1ccnc(-c3cncs3)c12. The number of ether oxygens (including phenoxy) is 1. The van der Waals surface area contributed by atoms with Crippen LogP contribution < -0.4 is 4.74 Å². The van der Waals surface area contributed by atoms with Crippen molar-refractivity contribution >= 4 is 33.1 Å². The molecule has 5 nitrogen and oxygen atoms in total. The second-order valence-corrected chi connectivity index (χ2v) is 5.53. The first-order valence-corrected chi connectivity index (χ1v) is 7.22. The van der Waals surface area contributed by atoms with E-state index in [4.69, 9.17) is 4.74 Å². The highest BCUT2D eigenvalue weighted by Gasteiger charge is 2.15. The predicted molar refractivity (Wildman–Crippen MR) is 82.9 cm³/mol. The number of nitrogens with one attached hydrogen (secondary N) is 1. The first kappa shape index (κ1) is 12.2. The normalized spacial score (nSPS) is 11.3. The van der Waals surface area contributed by atoms with Gasteiger partial charge in [0.25, 0.3) is 0 Å². The van der Waals surface area contributed by atoms with Crippen LogP contribution in [-0.4, -0.2) is 27.2 Å². The van der Waals surface area contributed by atoms with E-state index < -0.39 is 0 Å². The number of aromatic nitrogens is 3. The topological polar surface area (TPSA) is 71.0 Å². The molecule has 0 aliphatic rings. The fraction of sp³-hybridized carbons (Fsp3) is 0.0667. The third-order valence-corrected chi connectivity index (χ3v) is 4.25. The summed E-state index contributed by atoms with van der Waals surface area (Å²) in [7, 11) is 1.54. The van der Waals surface area contributed by atoms with Gasteiger partial charge in [-0.25, -0.2) is 0 Å². The monoisotopic (exact) mass is 297 g/mol. The predicted octanol–water partition coefficient (Wildman–Crippen LogP) is 3.55. The molecular formula is C15H11N3O2S. The van der Waals surface area contributed by atoms with E-state index >= 15 is 0 Å². The Hall–Kier alpha value is -2.60. The number of fused-ring (bicyclic) bond motifs is 3. The molecule has 0 fully saturated rings. The minimum absolute atomic E-state index is 0.115. The van der Waals surface area contributed by atoms with Crippen molar-refractivity contribution in [2.24, 2.45) is 0 Å². The summed E-state index contributed by atoms with van der Waals surface area (Å²) in [6, 6.07) is 5.42. The van der Waals surface area contributed by atoms with E-state index in [0.717, 1.165) is 32.4 Å². The largest absolute Gasteiger partial charge is 0.504 e. The van der Waals surface area contributed by atoms with Gasteiger partial charge in [0, 0.05) is 29.2 Å². The highest BCUT2D eigenvalue weighted by Crippen LogP contribution is 2.38. The molecule has 1 aromatic carbocycles. The van der Waals surface area contributed by atoms with Gasteiger partial charge in [0.15, 0.2) is 11.5 Å². The van der Waals surface area contributed by atoms with Gasteiger partial charge in [-0.05, 0) is 12.1 Å². The van der Waals surface area contributed by atoms with Gasteiger partial charge in [-0.1, -0.05) is 0 Å². The van der Waals surface area contributed by atoms with Crippen LogP contribution in [0, 0.1) is 0 Å². The molecule has 0 radical (unpaired) electrons. The summed E-state index contributed by atoms with van der Waals surface area (Å²) in [6.07, 6.45) is 3.58. The summed E-state index contributed by atoms with van der Waals surface area (Å²) in [4.78, 5) is 12.9. The minimum Gasteiger partial charge on any atom is -0.504 e. The van der Waals surface area contributed by atoms with Gasteiger partial charge in [-0.3, -0.25) is 9.97 Å². The number of H-pyrrole nitrogens is 1. The standard InChI is InChI=1S/C15H11N3O2S/c1-20-12-4-8-10(5-11(12)19)18-9-2-3-17-15(14(8)9)13-6-16-7-21-13/h2-7,18-19H,1H3. The van der Waals surface area contributed by atoms with Crippen LogP contribution in [0.1, 0.15) is 0 Å². The summed E-state index contributed by atoms with van der Waals surface area (Å²) < 4.78 is 5.21. The fourth-order valence-corrected chi connectivity index (χ4v) is 3.17. The Bertz CT molecular complexity index is 945. The van der Waals surface area contributed by atoms with Crippen molar-refractivity contribution in [1.82, 2.24) is 15.0 Å². The van der Waals surface area contributed by atoms with Crippen molar-refractivity contribution in [3.8, 4) is 22.1 Å². The summed E-state index contributed by atoms with van der Waals surface area (Å²) in [5, 5.41) is 11.9. The smallest absolute Gasteiger partial charge is 0.161 e. The molecule has 0 amide bonds. The van der Waals surface area contributed by atoms with E-state index in [1.165, 1.54) is 7.11 Å². The highest BCUT2D eigenvalue weighted by atomic mass is 32.1. The number of benzene rings is 1. The lowest BCUT2D eigenvalue weighted by molar-refractivity contribution is 0.374. The Morgan fingerprint density at radius 2 is 2.19 bits per heavy atom. The molecule has 0 bridgehead atoms. The number of pyridine rings is 1. The lowest BCUT2D eigenvalue weighted by atomic mass is 10.1. The van der Waals surface area contributed by atoms with Crippen molar-refractivity contribution in [1.29, 1.82) is 0 Å². The number of aromatic hydroxyl groups is 1. The molecule has 0 atom stereocenters. The van der Waals surface area contributed by atoms with E-state index in [9.17, 15) is 5.11 Å². The molecule has 0 aliphatic carbocycles. The van der Waals surface area contributed by atoms with Crippen LogP contribution >= 0.6 is 11.3 Å². The van der Waals surface area contributed by atoms with E-state index in [1.807, 2.05) is 18.3 Å². The van der Waals surface area contributed by atoms with Crippen LogP contribution in [0.15, 0.2) is 36.1 Å². The van der Waals surface area contributed by atoms with Crippen molar-refractivity contribution in [2.45, 2.75) is 0 Å². The highest BCUT2D eigenvalue weighted by molar-refractivity contribution is 7.13. The van der Waals surface area contributed by atoms with Crippen LogP contribution in [0.25, 0.3) is 32.4 Å². The maximum atomic E-state index is 9.92. The van der Waals surface area contributed by atoms with E-state index in [2.05, 4.69) is 15.0 Å². The van der Waals surface area contributed by atoms with Crippen molar-refractivity contribution in [3.05, 3.63) is 36.1 Å². The fourth-order valence-electron chi connectivity index (χ4n) is 2.55. The number of nitrogens with zero attached hydrogens (tertiary/aromatic N) is 2. The number of methoxy groups -OCH3 is 1. The maximum Gasteiger partial charge on any atom is 0.161 e. The summed E-state index contributed by atoms with van der Waals surface area (Å²) in [5.74, 6) is 0.561. The third kappa shape index (κ3) is 1.76. The van der Waals surface area contributed by atoms with Gasteiger partial charge >= 0.3 is 0 Å². The number of phenols is 1. The molecule has 0 spiro atoms. The number of hydrogen-bond acceptors (Lipinski definition) is 5. The van der Waals surface area contributed by atoms with Crippen molar-refractivity contribution in [3.63, 3.8) is 0 Å². The Balaban J connectivity index is 2.15. The lowest BCUT2D eigenvalue weighted by Crippen LogP contribution is -1.84. The molecule has 3 aromatic heterocycles. The Morgan fingerprint density at radius 1 is 1.29 bits per heavy atom. The Kier molecular flexibility index (Phi) is 2.58. The number of rotatable bonds is 2. The molecule has 0 unspecified atom stereocenters. The van der Waals surface area contributed by atoms with E-state index in [-0.39, 0.29) is 5.75 Å². The average molecular weight is 297 g/mol. The molecule has 0 aliphatic heterocycles. The van der Waals surface area contributed by atoms with Crippen LogP contribution in [-0.2, 0) is 0 Å². The number of thiazole rings is 1. The Labute approximate surface area is 123 Å². The average Bonchev–Trinajstić information content (AvgIpc) is 3.13. The summed E-state index contributed by atoms with van der Waals surface area (Å²) >= 11 is 1.55. The van der Waals surface area contributed by atoms with Gasteiger partial charge in [-0.2, -0.15) is 0 Å². The van der Waals surface area contributed by atoms with Crippen molar-refractivity contribution in [2.75, 3.05) is 7.11 Å². The first-order chi connectivity index (χ1) is 10.3. The second kappa shape index (κ2) is 4.46. The quantitative estimate of drug-likeness (QED) is 0.593. The molecule has 4 rings (SSSR count). The molecule has 0 saturated carbocycles. The summed E-state index contributed by atoms with van der Waals surface area (Å²) in [6.45, 7) is 0. The third-order valence-electron chi connectivity index (χ3n) is 3.47. The van der Waals surface area contributed by atoms with Crippen LogP contribution in [0.4, 0.5) is 0 Å². The minimum atomic E-state index is 0.115. The molecule has 21 heavy (non-hydrogen) atoms. The number of phenolic OH excluding ortho intramolecular Hbond substituents is 1. The van der Waals surface area contributed by atoms with Gasteiger partial charge < -0.3 is 14.8 Å². The molecule has 2 N–H and O–H groups in total. The maximum absolute atomic E-state index is 9.92. The molecule has 0 saturated heterocycles. The Morgan fingerprint density at radius 3 is 2.95 bits per heavy atom. The zero-order valence-electron chi connectivity index (χ0n) is 11.1. The molecule has 4 aromatic rings. The number of aromatic amines is 1. The molecule has 104 valence electrons. The molecule has 6 heteroatoms. The molecule has 3 heterocycles.